The summed E-state index contributed by atoms with van der Waals surface area (Å²) in [5.41, 5.74) is 3.50. The summed E-state index contributed by atoms with van der Waals surface area (Å²) in [6.07, 6.45) is 0. The summed E-state index contributed by atoms with van der Waals surface area (Å²) < 4.78 is 0. The Morgan fingerprint density at radius 3 is 0.857 bits per heavy atom. The molecule has 0 radical (unpaired) electrons. The summed E-state index contributed by atoms with van der Waals surface area (Å²) in [5, 5.41) is 0. The molecule has 0 atom stereocenters. The van der Waals surface area contributed by atoms with Crippen molar-refractivity contribution in [3.8, 4) is 0 Å². The highest BCUT2D eigenvalue weighted by Crippen LogP contribution is 2.33. The standard InChI is InChI=1S/C18H15N.2BrH/c1-4-10-16(11-5-1)19(17-12-6-2-7-13-17)18-14-8-3-9-15-18;;/h1-15H;2*1H. The van der Waals surface area contributed by atoms with Crippen molar-refractivity contribution in [2.75, 3.05) is 4.90 Å². The summed E-state index contributed by atoms with van der Waals surface area (Å²) in [5.74, 6) is 0. The Morgan fingerprint density at radius 2 is 0.619 bits per heavy atom. The maximum atomic E-state index is 2.25. The van der Waals surface area contributed by atoms with Crippen LogP contribution < -0.4 is 4.90 Å². The second-order valence-electron chi connectivity index (χ2n) is 4.34. The van der Waals surface area contributed by atoms with Crippen LogP contribution in [0.15, 0.2) is 91.0 Å². The van der Waals surface area contributed by atoms with E-state index in [-0.39, 0.29) is 34.0 Å². The molecule has 1 nitrogen and oxygen atoms in total. The predicted octanol–water partition coefficient (Wildman–Crippen LogP) is 6.31. The topological polar surface area (TPSA) is 3.24 Å². The maximum Gasteiger partial charge on any atom is 0.0461 e. The Kier molecular flexibility index (Phi) is 7.20. The molecular weight excluding hydrogens is 390 g/mol. The van der Waals surface area contributed by atoms with Gasteiger partial charge in [-0.25, -0.2) is 0 Å². The van der Waals surface area contributed by atoms with Crippen molar-refractivity contribution in [1.82, 2.24) is 0 Å². The van der Waals surface area contributed by atoms with E-state index in [9.17, 15) is 0 Å². The van der Waals surface area contributed by atoms with E-state index >= 15 is 0 Å². The Hall–Kier alpha value is -1.58. The van der Waals surface area contributed by atoms with Gasteiger partial charge in [-0.05, 0) is 36.4 Å². The molecule has 21 heavy (non-hydrogen) atoms. The number of benzene rings is 3. The third-order valence-electron chi connectivity index (χ3n) is 3.04. The minimum absolute atomic E-state index is 0. The van der Waals surface area contributed by atoms with Crippen molar-refractivity contribution in [2.45, 2.75) is 0 Å². The zero-order valence-electron chi connectivity index (χ0n) is 11.4. The van der Waals surface area contributed by atoms with E-state index in [4.69, 9.17) is 0 Å². The highest BCUT2D eigenvalue weighted by Gasteiger charge is 2.10. The first-order valence-electron chi connectivity index (χ1n) is 6.40. The van der Waals surface area contributed by atoms with Gasteiger partial charge in [-0.1, -0.05) is 54.6 Å². The van der Waals surface area contributed by atoms with Crippen LogP contribution in [-0.2, 0) is 0 Å². The normalized spacial score (nSPS) is 9.14. The van der Waals surface area contributed by atoms with Crippen LogP contribution >= 0.6 is 34.0 Å². The number of nitrogens with zero attached hydrogens (tertiary/aromatic N) is 1. The molecule has 0 N–H and O–H groups in total. The number of halogens is 2. The van der Waals surface area contributed by atoms with Crippen molar-refractivity contribution >= 4 is 51.0 Å². The zero-order valence-corrected chi connectivity index (χ0v) is 14.9. The van der Waals surface area contributed by atoms with E-state index in [0.29, 0.717) is 0 Å². The molecular formula is C18H17Br2N. The minimum Gasteiger partial charge on any atom is -0.311 e. The smallest absolute Gasteiger partial charge is 0.0461 e. The lowest BCUT2D eigenvalue weighted by atomic mass is 10.2. The third kappa shape index (κ3) is 4.19. The van der Waals surface area contributed by atoms with Gasteiger partial charge >= 0.3 is 0 Å². The molecule has 3 heteroatoms. The number of hydrogen-bond donors (Lipinski definition) is 0. The van der Waals surface area contributed by atoms with E-state index in [1.807, 2.05) is 18.2 Å². The number of hydrogen-bond acceptors (Lipinski definition) is 1. The summed E-state index contributed by atoms with van der Waals surface area (Å²) in [4.78, 5) is 2.25. The second kappa shape index (κ2) is 8.65. The van der Waals surface area contributed by atoms with Crippen LogP contribution in [0, 0.1) is 0 Å². The van der Waals surface area contributed by atoms with Crippen LogP contribution in [0.5, 0.6) is 0 Å². The minimum atomic E-state index is 0. The van der Waals surface area contributed by atoms with Gasteiger partial charge < -0.3 is 4.90 Å². The van der Waals surface area contributed by atoms with Gasteiger partial charge in [0.05, 0.1) is 0 Å². The Bertz CT molecular complexity index is 533. The van der Waals surface area contributed by atoms with Gasteiger partial charge in [-0.15, -0.1) is 34.0 Å². The Labute approximate surface area is 146 Å². The molecule has 0 aliphatic rings. The molecule has 0 heterocycles. The zero-order chi connectivity index (χ0) is 12.9. The Morgan fingerprint density at radius 1 is 0.381 bits per heavy atom. The van der Waals surface area contributed by atoms with Crippen LogP contribution in [0.4, 0.5) is 17.1 Å². The summed E-state index contributed by atoms with van der Waals surface area (Å²) in [7, 11) is 0. The monoisotopic (exact) mass is 405 g/mol. The van der Waals surface area contributed by atoms with Gasteiger partial charge in [0, 0.05) is 17.1 Å². The summed E-state index contributed by atoms with van der Waals surface area (Å²) in [6.45, 7) is 0. The van der Waals surface area contributed by atoms with Crippen LogP contribution in [0.25, 0.3) is 0 Å². The Balaban J connectivity index is 0.00000110. The van der Waals surface area contributed by atoms with E-state index in [1.165, 1.54) is 17.1 Å². The first kappa shape index (κ1) is 17.5. The SMILES string of the molecule is Br.Br.c1ccc(N(c2ccccc2)c2ccccc2)cc1. The first-order chi connectivity index (χ1) is 9.45. The van der Waals surface area contributed by atoms with Gasteiger partial charge in [0.1, 0.15) is 0 Å². The van der Waals surface area contributed by atoms with E-state index in [1.54, 1.807) is 0 Å². The number of para-hydroxylation sites is 3. The van der Waals surface area contributed by atoms with Gasteiger partial charge in [-0.3, -0.25) is 0 Å². The van der Waals surface area contributed by atoms with Crippen molar-refractivity contribution in [2.24, 2.45) is 0 Å². The fourth-order valence-corrected chi connectivity index (χ4v) is 2.18. The average molecular weight is 407 g/mol. The molecule has 0 aliphatic carbocycles. The number of rotatable bonds is 3. The van der Waals surface area contributed by atoms with Crippen molar-refractivity contribution in [3.63, 3.8) is 0 Å². The molecule has 0 saturated heterocycles. The quantitative estimate of drug-likeness (QED) is 0.492. The van der Waals surface area contributed by atoms with Gasteiger partial charge in [0.15, 0.2) is 0 Å². The molecule has 0 fully saturated rings. The maximum absolute atomic E-state index is 2.25. The second-order valence-corrected chi connectivity index (χ2v) is 4.34. The lowest BCUT2D eigenvalue weighted by molar-refractivity contribution is 1.28. The third-order valence-corrected chi connectivity index (χ3v) is 3.04. The van der Waals surface area contributed by atoms with E-state index in [2.05, 4.69) is 77.7 Å². The van der Waals surface area contributed by atoms with Crippen molar-refractivity contribution in [3.05, 3.63) is 91.0 Å². The van der Waals surface area contributed by atoms with E-state index < -0.39 is 0 Å². The highest BCUT2D eigenvalue weighted by atomic mass is 79.9. The number of anilines is 3. The predicted molar refractivity (Wildman–Crippen MR) is 102 cm³/mol. The molecule has 0 amide bonds. The fourth-order valence-electron chi connectivity index (χ4n) is 2.18. The van der Waals surface area contributed by atoms with Crippen LogP contribution in [-0.4, -0.2) is 0 Å². The first-order valence-corrected chi connectivity index (χ1v) is 6.40. The molecule has 0 saturated carbocycles. The fraction of sp³-hybridized carbons (Fsp3) is 0. The molecule has 0 spiro atoms. The molecule has 3 aromatic carbocycles. The molecule has 3 aromatic rings. The van der Waals surface area contributed by atoms with E-state index in [0.717, 1.165) is 0 Å². The van der Waals surface area contributed by atoms with Crippen LogP contribution in [0.1, 0.15) is 0 Å². The highest BCUT2D eigenvalue weighted by molar-refractivity contribution is 8.93. The van der Waals surface area contributed by atoms with Crippen molar-refractivity contribution < 1.29 is 0 Å². The molecule has 0 bridgehead atoms. The van der Waals surface area contributed by atoms with Crippen molar-refractivity contribution in [1.29, 1.82) is 0 Å². The molecule has 0 aromatic heterocycles. The molecule has 3 rings (SSSR count). The molecule has 0 unspecified atom stereocenters. The summed E-state index contributed by atoms with van der Waals surface area (Å²) >= 11 is 0. The lowest BCUT2D eigenvalue weighted by Gasteiger charge is -2.25. The van der Waals surface area contributed by atoms with Gasteiger partial charge in [0.2, 0.25) is 0 Å². The largest absolute Gasteiger partial charge is 0.311 e. The average Bonchev–Trinajstić information content (AvgIpc) is 2.51. The van der Waals surface area contributed by atoms with Gasteiger partial charge in [0.25, 0.3) is 0 Å². The van der Waals surface area contributed by atoms with Crippen LogP contribution in [0.3, 0.4) is 0 Å². The lowest BCUT2D eigenvalue weighted by Crippen LogP contribution is -2.09. The molecule has 0 aliphatic heterocycles. The van der Waals surface area contributed by atoms with Gasteiger partial charge in [-0.2, -0.15) is 0 Å². The van der Waals surface area contributed by atoms with Crippen LogP contribution in [0.2, 0.25) is 0 Å². The summed E-state index contributed by atoms with van der Waals surface area (Å²) in [6, 6.07) is 31.3. The molecule has 108 valence electrons.